The van der Waals surface area contributed by atoms with Gasteiger partial charge in [0.2, 0.25) is 0 Å². The van der Waals surface area contributed by atoms with Crippen LogP contribution >= 0.6 is 0 Å². The molecule has 21 heavy (non-hydrogen) atoms. The van der Waals surface area contributed by atoms with E-state index < -0.39 is 36.9 Å². The van der Waals surface area contributed by atoms with E-state index in [1.165, 1.54) is 24.3 Å². The van der Waals surface area contributed by atoms with Crippen LogP contribution in [0.15, 0.2) is 24.3 Å². The van der Waals surface area contributed by atoms with Gasteiger partial charge in [0.15, 0.2) is 6.10 Å². The SMILES string of the molecule is N[C@@H](C=O)[C@@H](OC(=O)c1ccccc1O)[C@H](O)[C@H](O)CO. The molecule has 1 rings (SSSR count). The first-order valence-electron chi connectivity index (χ1n) is 6.09. The van der Waals surface area contributed by atoms with Crippen molar-refractivity contribution >= 4 is 12.3 Å². The normalized spacial score (nSPS) is 16.6. The average molecular weight is 299 g/mol. The summed E-state index contributed by atoms with van der Waals surface area (Å²) in [5.74, 6) is -1.38. The Kier molecular flexibility index (Phi) is 6.25. The summed E-state index contributed by atoms with van der Waals surface area (Å²) in [7, 11) is 0. The first kappa shape index (κ1) is 17.1. The molecule has 116 valence electrons. The molecular weight excluding hydrogens is 282 g/mol. The fourth-order valence-corrected chi connectivity index (χ4v) is 1.61. The van der Waals surface area contributed by atoms with Crippen LogP contribution in [0.2, 0.25) is 0 Å². The first-order chi connectivity index (χ1) is 9.92. The lowest BCUT2D eigenvalue weighted by molar-refractivity contribution is -0.119. The molecule has 8 heteroatoms. The van der Waals surface area contributed by atoms with Gasteiger partial charge in [-0.1, -0.05) is 12.1 Å². The predicted molar refractivity (Wildman–Crippen MR) is 70.4 cm³/mol. The van der Waals surface area contributed by atoms with E-state index >= 15 is 0 Å². The number of benzene rings is 1. The second-order valence-electron chi connectivity index (χ2n) is 4.34. The molecular formula is C13H17NO7. The van der Waals surface area contributed by atoms with Crippen molar-refractivity contribution in [2.45, 2.75) is 24.4 Å². The van der Waals surface area contributed by atoms with Crippen LogP contribution in [0.5, 0.6) is 5.75 Å². The molecule has 0 saturated heterocycles. The number of rotatable bonds is 7. The van der Waals surface area contributed by atoms with Crippen LogP contribution in [-0.2, 0) is 9.53 Å². The Balaban J connectivity index is 2.94. The third kappa shape index (κ3) is 4.23. The molecule has 1 aromatic rings. The van der Waals surface area contributed by atoms with Gasteiger partial charge >= 0.3 is 5.97 Å². The van der Waals surface area contributed by atoms with E-state index in [0.29, 0.717) is 0 Å². The number of aliphatic hydroxyl groups is 3. The molecule has 0 aliphatic rings. The average Bonchev–Trinajstić information content (AvgIpc) is 2.50. The summed E-state index contributed by atoms with van der Waals surface area (Å²) in [6, 6.07) is 4.09. The van der Waals surface area contributed by atoms with Crippen molar-refractivity contribution in [2.24, 2.45) is 5.73 Å². The number of para-hydroxylation sites is 1. The zero-order valence-electron chi connectivity index (χ0n) is 11.0. The molecule has 8 nitrogen and oxygen atoms in total. The van der Waals surface area contributed by atoms with Crippen LogP contribution in [0.3, 0.4) is 0 Å². The number of aldehydes is 1. The monoisotopic (exact) mass is 299 g/mol. The Labute approximate surface area is 120 Å². The van der Waals surface area contributed by atoms with Crippen LogP contribution in [-0.4, -0.2) is 63.6 Å². The van der Waals surface area contributed by atoms with E-state index in [1.54, 1.807) is 0 Å². The summed E-state index contributed by atoms with van der Waals surface area (Å²) < 4.78 is 4.88. The number of ether oxygens (including phenoxy) is 1. The molecule has 0 aliphatic carbocycles. The molecule has 0 radical (unpaired) electrons. The van der Waals surface area contributed by atoms with E-state index in [4.69, 9.17) is 15.6 Å². The van der Waals surface area contributed by atoms with Gasteiger partial charge in [0.1, 0.15) is 35.8 Å². The topological polar surface area (TPSA) is 150 Å². The number of phenolic OH excluding ortho intramolecular Hbond substituents is 1. The second kappa shape index (κ2) is 7.70. The van der Waals surface area contributed by atoms with Crippen LogP contribution in [0.4, 0.5) is 0 Å². The lowest BCUT2D eigenvalue weighted by atomic mass is 10.0. The third-order valence-corrected chi connectivity index (χ3v) is 2.82. The van der Waals surface area contributed by atoms with Crippen molar-refractivity contribution in [2.75, 3.05) is 6.61 Å². The maximum absolute atomic E-state index is 11.9. The van der Waals surface area contributed by atoms with Gasteiger partial charge in [-0.05, 0) is 12.1 Å². The number of nitrogens with two attached hydrogens (primary N) is 1. The summed E-state index contributed by atoms with van der Waals surface area (Å²) in [5, 5.41) is 37.4. The standard InChI is InChI=1S/C13H17NO7/c14-8(5-15)12(11(19)10(18)6-16)21-13(20)7-3-1-2-4-9(7)17/h1-5,8,10-12,16-19H,6,14H2/t8-,10+,11+,12+/m0/s1. The van der Waals surface area contributed by atoms with Crippen molar-refractivity contribution in [1.29, 1.82) is 0 Å². The highest BCUT2D eigenvalue weighted by molar-refractivity contribution is 5.92. The van der Waals surface area contributed by atoms with Gasteiger partial charge in [0.25, 0.3) is 0 Å². The molecule has 1 aromatic carbocycles. The summed E-state index contributed by atoms with van der Waals surface area (Å²) in [6.45, 7) is -0.808. The molecule has 4 atom stereocenters. The van der Waals surface area contributed by atoms with E-state index in [-0.39, 0.29) is 17.6 Å². The lowest BCUT2D eigenvalue weighted by Gasteiger charge is -2.27. The maximum atomic E-state index is 11.9. The van der Waals surface area contributed by atoms with Crippen molar-refractivity contribution in [3.05, 3.63) is 29.8 Å². The molecule has 0 saturated carbocycles. The third-order valence-electron chi connectivity index (χ3n) is 2.82. The van der Waals surface area contributed by atoms with Crippen LogP contribution in [0.1, 0.15) is 10.4 Å². The highest BCUT2D eigenvalue weighted by atomic mass is 16.6. The maximum Gasteiger partial charge on any atom is 0.342 e. The van der Waals surface area contributed by atoms with Gasteiger partial charge in [0, 0.05) is 0 Å². The van der Waals surface area contributed by atoms with E-state index in [1.807, 2.05) is 0 Å². The highest BCUT2D eigenvalue weighted by Crippen LogP contribution is 2.19. The molecule has 0 aliphatic heterocycles. The van der Waals surface area contributed by atoms with Crippen molar-refractivity contribution < 1.29 is 34.8 Å². The molecule has 0 fully saturated rings. The lowest BCUT2D eigenvalue weighted by Crippen LogP contribution is -2.52. The predicted octanol–water partition coefficient (Wildman–Crippen LogP) is -1.84. The Morgan fingerprint density at radius 2 is 1.95 bits per heavy atom. The smallest absolute Gasteiger partial charge is 0.342 e. The number of phenols is 1. The fraction of sp³-hybridized carbons (Fsp3) is 0.385. The molecule has 0 spiro atoms. The van der Waals surface area contributed by atoms with Crippen molar-refractivity contribution in [3.8, 4) is 5.75 Å². The number of aliphatic hydroxyl groups excluding tert-OH is 3. The minimum Gasteiger partial charge on any atom is -0.507 e. The van der Waals surface area contributed by atoms with Gasteiger partial charge < -0.3 is 35.7 Å². The minimum atomic E-state index is -1.76. The van der Waals surface area contributed by atoms with Crippen molar-refractivity contribution in [1.82, 2.24) is 0 Å². The first-order valence-corrected chi connectivity index (χ1v) is 6.09. The Morgan fingerprint density at radius 1 is 1.33 bits per heavy atom. The van der Waals surface area contributed by atoms with E-state index in [2.05, 4.69) is 0 Å². The number of aromatic hydroxyl groups is 1. The quantitative estimate of drug-likeness (QED) is 0.291. The zero-order chi connectivity index (χ0) is 16.0. The molecule has 0 amide bonds. The Hall–Kier alpha value is -2.00. The van der Waals surface area contributed by atoms with Crippen LogP contribution < -0.4 is 5.73 Å². The van der Waals surface area contributed by atoms with Gasteiger partial charge in [-0.2, -0.15) is 0 Å². The summed E-state index contributed by atoms with van der Waals surface area (Å²) in [5.41, 5.74) is 5.23. The van der Waals surface area contributed by atoms with Gasteiger partial charge in [0.05, 0.1) is 6.61 Å². The summed E-state index contributed by atoms with van der Waals surface area (Å²) in [4.78, 5) is 22.6. The van der Waals surface area contributed by atoms with Crippen molar-refractivity contribution in [3.63, 3.8) is 0 Å². The largest absolute Gasteiger partial charge is 0.507 e. The van der Waals surface area contributed by atoms with Gasteiger partial charge in [-0.15, -0.1) is 0 Å². The number of carbonyl (C=O) groups is 2. The molecule has 0 bridgehead atoms. The van der Waals surface area contributed by atoms with Crippen LogP contribution in [0.25, 0.3) is 0 Å². The molecule has 0 aromatic heterocycles. The van der Waals surface area contributed by atoms with E-state index in [0.717, 1.165) is 0 Å². The van der Waals surface area contributed by atoms with Gasteiger partial charge in [-0.25, -0.2) is 4.79 Å². The van der Waals surface area contributed by atoms with Gasteiger partial charge in [-0.3, -0.25) is 0 Å². The van der Waals surface area contributed by atoms with E-state index in [9.17, 15) is 24.9 Å². The Morgan fingerprint density at radius 3 is 2.48 bits per heavy atom. The second-order valence-corrected chi connectivity index (χ2v) is 4.34. The fourth-order valence-electron chi connectivity index (χ4n) is 1.61. The number of carbonyl (C=O) groups excluding carboxylic acids is 2. The summed E-state index contributed by atoms with van der Waals surface area (Å²) >= 11 is 0. The molecule has 0 unspecified atom stereocenters. The molecule has 6 N–H and O–H groups in total. The highest BCUT2D eigenvalue weighted by Gasteiger charge is 2.34. The molecule has 0 heterocycles. The number of esters is 1. The Bertz CT molecular complexity index is 493. The van der Waals surface area contributed by atoms with Crippen LogP contribution in [0, 0.1) is 0 Å². The number of hydrogen-bond donors (Lipinski definition) is 5. The summed E-state index contributed by atoms with van der Waals surface area (Å²) in [6.07, 6.45) is -4.74. The minimum absolute atomic E-state index is 0.189. The zero-order valence-corrected chi connectivity index (χ0v) is 11.0. The number of hydrogen-bond acceptors (Lipinski definition) is 8.